The van der Waals surface area contributed by atoms with Crippen molar-refractivity contribution < 1.29 is 9.42 Å². The number of nitrogens with zero attached hydrogens (tertiary/aromatic N) is 5. The molecule has 1 fully saturated rings. The molecule has 0 aliphatic carbocycles. The van der Waals surface area contributed by atoms with Crippen LogP contribution in [-0.4, -0.2) is 43.4 Å². The van der Waals surface area contributed by atoms with Crippen molar-refractivity contribution in [2.75, 3.05) is 6.54 Å². The highest BCUT2D eigenvalue weighted by Gasteiger charge is 2.26. The number of carbonyl (C=O) groups excluding carboxylic acids is 1. The first-order valence-electron chi connectivity index (χ1n) is 9.44. The van der Waals surface area contributed by atoms with Gasteiger partial charge in [-0.15, -0.1) is 0 Å². The Labute approximate surface area is 157 Å². The minimum Gasteiger partial charge on any atom is -0.335 e. The average Bonchev–Trinajstić information content (AvgIpc) is 3.32. The van der Waals surface area contributed by atoms with Gasteiger partial charge in [0.2, 0.25) is 0 Å². The molecule has 0 radical (unpaired) electrons. The van der Waals surface area contributed by atoms with Gasteiger partial charge in [0.05, 0.1) is 0 Å². The lowest BCUT2D eigenvalue weighted by Gasteiger charge is -2.36. The molecule has 0 unspecified atom stereocenters. The lowest BCUT2D eigenvalue weighted by Crippen LogP contribution is -2.48. The summed E-state index contributed by atoms with van der Waals surface area (Å²) in [6, 6.07) is 5.94. The molecule has 1 aliphatic rings. The Bertz CT molecular complexity index is 918. The maximum Gasteiger partial charge on any atom is 0.317 e. The SMILES string of the molecule is Cc1nccn1CC[C@H]1CCCCN1C(=O)NCc1ccc2nonc2c1. The van der Waals surface area contributed by atoms with Crippen LogP contribution in [0.4, 0.5) is 4.79 Å². The van der Waals surface area contributed by atoms with Crippen LogP contribution >= 0.6 is 0 Å². The molecule has 1 aliphatic heterocycles. The number of carbonyl (C=O) groups is 1. The van der Waals surface area contributed by atoms with E-state index in [1.807, 2.05) is 42.4 Å². The molecule has 1 atom stereocenters. The van der Waals surface area contributed by atoms with Crippen LogP contribution in [0.3, 0.4) is 0 Å². The fourth-order valence-corrected chi connectivity index (χ4v) is 3.71. The van der Waals surface area contributed by atoms with Crippen molar-refractivity contribution in [1.29, 1.82) is 0 Å². The number of aryl methyl sites for hydroxylation is 2. The Kier molecular flexibility index (Phi) is 5.04. The van der Waals surface area contributed by atoms with E-state index >= 15 is 0 Å². The Morgan fingerprint density at radius 2 is 2.19 bits per heavy atom. The third kappa shape index (κ3) is 3.94. The van der Waals surface area contributed by atoms with Crippen LogP contribution in [0.15, 0.2) is 35.2 Å². The zero-order valence-corrected chi connectivity index (χ0v) is 15.5. The number of hydrogen-bond donors (Lipinski definition) is 1. The number of piperidine rings is 1. The van der Waals surface area contributed by atoms with Gasteiger partial charge in [0, 0.05) is 38.1 Å². The molecule has 27 heavy (non-hydrogen) atoms. The summed E-state index contributed by atoms with van der Waals surface area (Å²) in [6.45, 7) is 4.17. The molecule has 0 spiro atoms. The number of amides is 2. The summed E-state index contributed by atoms with van der Waals surface area (Å²) < 4.78 is 6.86. The van der Waals surface area contributed by atoms with Crippen molar-refractivity contribution in [3.63, 3.8) is 0 Å². The minimum atomic E-state index is 0.000396. The van der Waals surface area contributed by atoms with Gasteiger partial charge in [-0.3, -0.25) is 0 Å². The molecule has 2 aromatic heterocycles. The van der Waals surface area contributed by atoms with Gasteiger partial charge in [0.15, 0.2) is 0 Å². The van der Waals surface area contributed by atoms with E-state index in [1.165, 1.54) is 6.42 Å². The van der Waals surface area contributed by atoms with Gasteiger partial charge in [-0.2, -0.15) is 0 Å². The fraction of sp³-hybridized carbons (Fsp3) is 0.474. The van der Waals surface area contributed by atoms with E-state index < -0.39 is 0 Å². The number of aromatic nitrogens is 4. The van der Waals surface area contributed by atoms with Crippen LogP contribution in [0.2, 0.25) is 0 Å². The molecule has 2 amide bonds. The highest BCUT2D eigenvalue weighted by Crippen LogP contribution is 2.21. The second-order valence-corrected chi connectivity index (χ2v) is 7.05. The molecule has 1 saturated heterocycles. The third-order valence-electron chi connectivity index (χ3n) is 5.28. The molecule has 142 valence electrons. The van der Waals surface area contributed by atoms with Gasteiger partial charge in [-0.1, -0.05) is 6.07 Å². The van der Waals surface area contributed by atoms with E-state index in [0.29, 0.717) is 12.1 Å². The van der Waals surface area contributed by atoms with Crippen LogP contribution in [0.1, 0.15) is 37.1 Å². The van der Waals surface area contributed by atoms with Gasteiger partial charge in [-0.25, -0.2) is 14.4 Å². The third-order valence-corrected chi connectivity index (χ3v) is 5.28. The van der Waals surface area contributed by atoms with Crippen molar-refractivity contribution >= 4 is 17.1 Å². The standard InChI is InChI=1S/C19H24N6O2/c1-14-20-8-11-24(14)10-7-16-4-2-3-9-25(16)19(26)21-13-15-5-6-17-18(12-15)23-27-22-17/h5-6,8,11-12,16H,2-4,7,9-10,13H2,1H3,(H,21,26)/t16-/m1/s1. The van der Waals surface area contributed by atoms with E-state index in [9.17, 15) is 4.79 Å². The molecule has 0 saturated carbocycles. The molecule has 3 heterocycles. The summed E-state index contributed by atoms with van der Waals surface area (Å²) in [5.41, 5.74) is 2.40. The number of urea groups is 1. The zero-order chi connectivity index (χ0) is 18.6. The normalized spacial score (nSPS) is 17.4. The first-order valence-corrected chi connectivity index (χ1v) is 9.44. The largest absolute Gasteiger partial charge is 0.335 e. The fourth-order valence-electron chi connectivity index (χ4n) is 3.71. The Hall–Kier alpha value is -2.90. The van der Waals surface area contributed by atoms with E-state index in [4.69, 9.17) is 4.63 Å². The number of imidazole rings is 1. The molecule has 8 heteroatoms. The highest BCUT2D eigenvalue weighted by atomic mass is 16.6. The van der Waals surface area contributed by atoms with Crippen molar-refractivity contribution in [3.05, 3.63) is 42.0 Å². The van der Waals surface area contributed by atoms with Crippen molar-refractivity contribution in [3.8, 4) is 0 Å². The molecule has 3 aromatic rings. The summed E-state index contributed by atoms with van der Waals surface area (Å²) >= 11 is 0. The van der Waals surface area contributed by atoms with Gasteiger partial charge < -0.3 is 14.8 Å². The quantitative estimate of drug-likeness (QED) is 0.748. The van der Waals surface area contributed by atoms with Crippen molar-refractivity contribution in [2.45, 2.75) is 51.7 Å². The summed E-state index contributed by atoms with van der Waals surface area (Å²) in [5, 5.41) is 10.7. The molecule has 1 aromatic carbocycles. The Morgan fingerprint density at radius 3 is 3.04 bits per heavy atom. The predicted molar refractivity (Wildman–Crippen MR) is 100.0 cm³/mol. The topological polar surface area (TPSA) is 89.1 Å². The summed E-state index contributed by atoms with van der Waals surface area (Å²) in [6.07, 6.45) is 8.05. The second kappa shape index (κ2) is 7.77. The van der Waals surface area contributed by atoms with E-state index in [-0.39, 0.29) is 12.1 Å². The first kappa shape index (κ1) is 17.5. The van der Waals surface area contributed by atoms with E-state index in [0.717, 1.165) is 49.3 Å². The number of fused-ring (bicyclic) bond motifs is 1. The average molecular weight is 368 g/mol. The highest BCUT2D eigenvalue weighted by molar-refractivity contribution is 5.76. The van der Waals surface area contributed by atoms with Gasteiger partial charge in [0.25, 0.3) is 0 Å². The smallest absolute Gasteiger partial charge is 0.317 e. The monoisotopic (exact) mass is 368 g/mol. The summed E-state index contributed by atoms with van der Waals surface area (Å²) in [4.78, 5) is 19.0. The second-order valence-electron chi connectivity index (χ2n) is 7.05. The minimum absolute atomic E-state index is 0.000396. The van der Waals surface area contributed by atoms with Crippen molar-refractivity contribution in [2.24, 2.45) is 0 Å². The number of hydrogen-bond acceptors (Lipinski definition) is 5. The van der Waals surface area contributed by atoms with Crippen molar-refractivity contribution in [1.82, 2.24) is 30.1 Å². The van der Waals surface area contributed by atoms with Gasteiger partial charge in [0.1, 0.15) is 16.9 Å². The number of nitrogens with one attached hydrogen (secondary N) is 1. The van der Waals surface area contributed by atoms with Crippen LogP contribution in [0.25, 0.3) is 11.0 Å². The first-order chi connectivity index (χ1) is 13.2. The lowest BCUT2D eigenvalue weighted by molar-refractivity contribution is 0.143. The molecular formula is C19H24N6O2. The zero-order valence-electron chi connectivity index (χ0n) is 15.5. The van der Waals surface area contributed by atoms with E-state index in [1.54, 1.807) is 0 Å². The van der Waals surface area contributed by atoms with Crippen LogP contribution in [0, 0.1) is 6.92 Å². The van der Waals surface area contributed by atoms with Crippen LogP contribution < -0.4 is 5.32 Å². The van der Waals surface area contributed by atoms with Gasteiger partial charge in [-0.05, 0) is 60.6 Å². The summed E-state index contributed by atoms with van der Waals surface area (Å²) in [7, 11) is 0. The van der Waals surface area contributed by atoms with Crippen LogP contribution in [0.5, 0.6) is 0 Å². The summed E-state index contributed by atoms with van der Waals surface area (Å²) in [5.74, 6) is 1.01. The molecule has 8 nitrogen and oxygen atoms in total. The molecular weight excluding hydrogens is 344 g/mol. The Morgan fingerprint density at radius 1 is 1.30 bits per heavy atom. The van der Waals surface area contributed by atoms with Gasteiger partial charge >= 0.3 is 6.03 Å². The van der Waals surface area contributed by atoms with E-state index in [2.05, 4.69) is 25.2 Å². The van der Waals surface area contributed by atoms with Crippen LogP contribution in [-0.2, 0) is 13.1 Å². The lowest BCUT2D eigenvalue weighted by atomic mass is 9.99. The number of benzene rings is 1. The maximum atomic E-state index is 12.8. The molecule has 0 bridgehead atoms. The molecule has 4 rings (SSSR count). The number of rotatable bonds is 5. The number of likely N-dealkylation sites (tertiary alicyclic amines) is 1. The Balaban J connectivity index is 1.35. The predicted octanol–water partition coefficient (Wildman–Crippen LogP) is 2.88. The maximum absolute atomic E-state index is 12.8. The molecule has 1 N–H and O–H groups in total.